The first kappa shape index (κ1) is 13.6. The minimum Gasteiger partial charge on any atom is -0.398 e. The lowest BCUT2D eigenvalue weighted by atomic mass is 10.2. The van der Waals surface area contributed by atoms with Gasteiger partial charge in [-0.3, -0.25) is 9.48 Å². The third kappa shape index (κ3) is 2.96. The lowest BCUT2D eigenvalue weighted by Gasteiger charge is -2.06. The van der Waals surface area contributed by atoms with Crippen molar-refractivity contribution in [3.63, 3.8) is 0 Å². The molecule has 0 unspecified atom stereocenters. The Hall–Kier alpha value is -1.82. The van der Waals surface area contributed by atoms with E-state index in [-0.39, 0.29) is 5.91 Å². The van der Waals surface area contributed by atoms with E-state index in [1.807, 2.05) is 6.92 Å². The van der Waals surface area contributed by atoms with Crippen LogP contribution in [0.15, 0.2) is 28.7 Å². The van der Waals surface area contributed by atoms with Gasteiger partial charge >= 0.3 is 0 Å². The van der Waals surface area contributed by atoms with Gasteiger partial charge in [-0.1, -0.05) is 6.92 Å². The molecule has 2 rings (SSSR count). The molecule has 0 aliphatic heterocycles. The van der Waals surface area contributed by atoms with Crippen LogP contribution in [0.1, 0.15) is 23.1 Å². The van der Waals surface area contributed by atoms with Crippen LogP contribution in [0.4, 0.5) is 11.4 Å². The molecule has 1 aromatic heterocycles. The normalized spacial score (nSPS) is 10.5. The fourth-order valence-electron chi connectivity index (χ4n) is 1.71. The SMILES string of the molecule is CCc1cc(C(=O)Nc2ccc(N)c(Br)c2)n(C)n1. The summed E-state index contributed by atoms with van der Waals surface area (Å²) in [5, 5.41) is 7.07. The van der Waals surface area contributed by atoms with Gasteiger partial charge in [0.2, 0.25) is 0 Å². The smallest absolute Gasteiger partial charge is 0.273 e. The van der Waals surface area contributed by atoms with E-state index in [2.05, 4.69) is 26.3 Å². The maximum absolute atomic E-state index is 12.1. The van der Waals surface area contributed by atoms with E-state index in [0.717, 1.165) is 16.6 Å². The van der Waals surface area contributed by atoms with Gasteiger partial charge in [-0.05, 0) is 46.6 Å². The Morgan fingerprint density at radius 3 is 2.79 bits per heavy atom. The molecule has 2 aromatic rings. The molecule has 0 saturated carbocycles. The van der Waals surface area contributed by atoms with Crippen molar-refractivity contribution < 1.29 is 4.79 Å². The van der Waals surface area contributed by atoms with Gasteiger partial charge in [0.1, 0.15) is 5.69 Å². The van der Waals surface area contributed by atoms with Crippen LogP contribution in [-0.4, -0.2) is 15.7 Å². The number of carbonyl (C=O) groups excluding carboxylic acids is 1. The van der Waals surface area contributed by atoms with Crippen molar-refractivity contribution in [1.29, 1.82) is 0 Å². The molecule has 1 heterocycles. The first-order valence-corrected chi connectivity index (χ1v) is 6.70. The lowest BCUT2D eigenvalue weighted by molar-refractivity contribution is 0.101. The third-order valence-corrected chi connectivity index (χ3v) is 3.47. The molecule has 0 spiro atoms. The van der Waals surface area contributed by atoms with Crippen LogP contribution in [-0.2, 0) is 13.5 Å². The Balaban J connectivity index is 2.20. The Morgan fingerprint density at radius 1 is 1.47 bits per heavy atom. The molecular weight excluding hydrogens is 308 g/mol. The number of aryl methyl sites for hydroxylation is 2. The average Bonchev–Trinajstić information content (AvgIpc) is 2.75. The van der Waals surface area contributed by atoms with Crippen LogP contribution in [0.5, 0.6) is 0 Å². The molecule has 0 radical (unpaired) electrons. The van der Waals surface area contributed by atoms with E-state index in [4.69, 9.17) is 5.73 Å². The first-order valence-electron chi connectivity index (χ1n) is 5.90. The van der Waals surface area contributed by atoms with Crippen LogP contribution in [0.25, 0.3) is 0 Å². The summed E-state index contributed by atoms with van der Waals surface area (Å²) in [4.78, 5) is 12.1. The van der Waals surface area contributed by atoms with E-state index in [1.165, 1.54) is 0 Å². The number of nitrogen functional groups attached to an aromatic ring is 1. The van der Waals surface area contributed by atoms with Crippen molar-refractivity contribution in [3.8, 4) is 0 Å². The standard InChI is InChI=1S/C13H15BrN4O/c1-3-8-7-12(18(2)17-8)13(19)16-9-4-5-11(15)10(14)6-9/h4-7H,3,15H2,1-2H3,(H,16,19). The first-order chi connectivity index (χ1) is 9.01. The van der Waals surface area contributed by atoms with Crippen molar-refractivity contribution in [1.82, 2.24) is 9.78 Å². The number of nitrogens with two attached hydrogens (primary N) is 1. The second kappa shape index (κ2) is 5.44. The molecule has 0 atom stereocenters. The Bertz CT molecular complexity index is 621. The van der Waals surface area contributed by atoms with Crippen LogP contribution in [0.2, 0.25) is 0 Å². The van der Waals surface area contributed by atoms with Crippen molar-refractivity contribution in [3.05, 3.63) is 40.1 Å². The molecule has 0 fully saturated rings. The van der Waals surface area contributed by atoms with Crippen LogP contribution in [0, 0.1) is 0 Å². The molecule has 0 aliphatic carbocycles. The second-order valence-corrected chi connectivity index (χ2v) is 5.04. The number of carbonyl (C=O) groups is 1. The summed E-state index contributed by atoms with van der Waals surface area (Å²) in [7, 11) is 1.76. The van der Waals surface area contributed by atoms with E-state index < -0.39 is 0 Å². The predicted octanol–water partition coefficient (Wildman–Crippen LogP) is 2.58. The van der Waals surface area contributed by atoms with E-state index in [9.17, 15) is 4.79 Å². The van der Waals surface area contributed by atoms with Crippen LogP contribution < -0.4 is 11.1 Å². The second-order valence-electron chi connectivity index (χ2n) is 4.19. The van der Waals surface area contributed by atoms with Crippen molar-refractivity contribution in [2.75, 3.05) is 11.1 Å². The topological polar surface area (TPSA) is 72.9 Å². The van der Waals surface area contributed by atoms with E-state index in [1.54, 1.807) is 36.0 Å². The largest absolute Gasteiger partial charge is 0.398 e. The summed E-state index contributed by atoms with van der Waals surface area (Å²) < 4.78 is 2.34. The molecule has 5 nitrogen and oxygen atoms in total. The molecule has 0 bridgehead atoms. The number of aromatic nitrogens is 2. The molecular formula is C13H15BrN4O. The Morgan fingerprint density at radius 2 is 2.21 bits per heavy atom. The average molecular weight is 323 g/mol. The van der Waals surface area contributed by atoms with Crippen molar-refractivity contribution in [2.45, 2.75) is 13.3 Å². The third-order valence-electron chi connectivity index (χ3n) is 2.78. The summed E-state index contributed by atoms with van der Waals surface area (Å²) in [6, 6.07) is 7.06. The number of anilines is 2. The fourth-order valence-corrected chi connectivity index (χ4v) is 2.09. The maximum atomic E-state index is 12.1. The van der Waals surface area contributed by atoms with Gasteiger partial charge in [-0.25, -0.2) is 0 Å². The van der Waals surface area contributed by atoms with Crippen molar-refractivity contribution >= 4 is 33.2 Å². The highest BCUT2D eigenvalue weighted by molar-refractivity contribution is 9.10. The highest BCUT2D eigenvalue weighted by atomic mass is 79.9. The number of nitrogens with one attached hydrogen (secondary N) is 1. The van der Waals surface area contributed by atoms with Crippen LogP contribution >= 0.6 is 15.9 Å². The Labute approximate surface area is 119 Å². The van der Waals surface area contributed by atoms with E-state index in [0.29, 0.717) is 17.1 Å². The van der Waals surface area contributed by atoms with Gasteiger partial charge in [0.25, 0.3) is 5.91 Å². The number of hydrogen-bond acceptors (Lipinski definition) is 3. The number of halogens is 1. The zero-order valence-corrected chi connectivity index (χ0v) is 12.4. The monoisotopic (exact) mass is 322 g/mol. The number of amides is 1. The fraction of sp³-hybridized carbons (Fsp3) is 0.231. The summed E-state index contributed by atoms with van der Waals surface area (Å²) in [5.74, 6) is -0.189. The molecule has 1 amide bonds. The zero-order chi connectivity index (χ0) is 14.0. The number of rotatable bonds is 3. The minimum atomic E-state index is -0.189. The quantitative estimate of drug-likeness (QED) is 0.853. The molecule has 6 heteroatoms. The van der Waals surface area contributed by atoms with Gasteiger partial charge in [0.15, 0.2) is 0 Å². The molecule has 0 aliphatic rings. The van der Waals surface area contributed by atoms with Crippen LogP contribution in [0.3, 0.4) is 0 Å². The van der Waals surface area contributed by atoms with Gasteiger partial charge in [0, 0.05) is 22.9 Å². The molecule has 100 valence electrons. The van der Waals surface area contributed by atoms with Crippen molar-refractivity contribution in [2.24, 2.45) is 7.05 Å². The summed E-state index contributed by atoms with van der Waals surface area (Å²) >= 11 is 3.33. The predicted molar refractivity (Wildman–Crippen MR) is 79.1 cm³/mol. The Kier molecular flexibility index (Phi) is 3.90. The minimum absolute atomic E-state index is 0.189. The highest BCUT2D eigenvalue weighted by Gasteiger charge is 2.13. The highest BCUT2D eigenvalue weighted by Crippen LogP contribution is 2.23. The number of benzene rings is 1. The van der Waals surface area contributed by atoms with Gasteiger partial charge in [0.05, 0.1) is 5.69 Å². The lowest BCUT2D eigenvalue weighted by Crippen LogP contribution is -2.16. The molecule has 3 N–H and O–H groups in total. The van der Waals surface area contributed by atoms with Gasteiger partial charge in [-0.15, -0.1) is 0 Å². The summed E-state index contributed by atoms with van der Waals surface area (Å²) in [6.45, 7) is 2.00. The molecule has 19 heavy (non-hydrogen) atoms. The van der Waals surface area contributed by atoms with E-state index >= 15 is 0 Å². The summed E-state index contributed by atoms with van der Waals surface area (Å²) in [5.41, 5.74) is 8.45. The number of hydrogen-bond donors (Lipinski definition) is 2. The zero-order valence-electron chi connectivity index (χ0n) is 10.8. The van der Waals surface area contributed by atoms with Gasteiger partial charge in [-0.2, -0.15) is 5.10 Å². The summed E-state index contributed by atoms with van der Waals surface area (Å²) in [6.07, 6.45) is 0.800. The number of nitrogens with zero attached hydrogens (tertiary/aromatic N) is 2. The molecule has 0 saturated heterocycles. The molecule has 1 aromatic carbocycles. The maximum Gasteiger partial charge on any atom is 0.273 e. The van der Waals surface area contributed by atoms with Gasteiger partial charge < -0.3 is 11.1 Å².